The molecular weight excluding hydrogens is 140 g/mol. The first-order chi connectivity index (χ1) is 5.29. The first-order valence-electron chi connectivity index (χ1n) is 3.04. The second-order valence-electron chi connectivity index (χ2n) is 1.75. The van der Waals surface area contributed by atoms with Crippen LogP contribution in [0.1, 0.15) is 13.3 Å². The second kappa shape index (κ2) is 4.97. The van der Waals surface area contributed by atoms with E-state index in [4.69, 9.17) is 15.8 Å². The Bertz CT molecular complexity index is 256. The fraction of sp³-hybridized carbons (Fsp3) is 0.429. The maximum absolute atomic E-state index is 8.39. The number of hydrogen-bond acceptors (Lipinski definition) is 4. The van der Waals surface area contributed by atoms with Gasteiger partial charge in [-0.3, -0.25) is 0 Å². The molecule has 4 heteroatoms. The van der Waals surface area contributed by atoms with E-state index in [1.54, 1.807) is 25.3 Å². The van der Waals surface area contributed by atoms with Crippen LogP contribution < -0.4 is 0 Å². The summed E-state index contributed by atoms with van der Waals surface area (Å²) in [4.78, 5) is 3.36. The molecule has 0 radical (unpaired) electrons. The van der Waals surface area contributed by atoms with Crippen LogP contribution in [-0.2, 0) is 0 Å². The molecule has 0 spiro atoms. The zero-order valence-electron chi connectivity index (χ0n) is 6.07. The first kappa shape index (κ1) is 9.14. The lowest BCUT2D eigenvalue weighted by atomic mass is 10.1. The molecule has 0 N–H and O–H groups in total. The average molecular weight is 146 g/mol. The monoisotopic (exact) mass is 146 g/mol. The molecule has 4 nitrogen and oxygen atoms in total. The van der Waals surface area contributed by atoms with Crippen LogP contribution in [0.25, 0.3) is 0 Å². The van der Waals surface area contributed by atoms with Crippen molar-refractivity contribution in [3.8, 4) is 18.3 Å². The molecule has 0 amide bonds. The first-order valence-corrected chi connectivity index (χ1v) is 3.04. The zero-order chi connectivity index (χ0) is 8.69. The molecule has 0 fully saturated rings. The Kier molecular flexibility index (Phi) is 4.13. The summed E-state index contributed by atoms with van der Waals surface area (Å²) in [6, 6.07) is 3.49. The average Bonchev–Trinajstić information content (AvgIpc) is 2.05. The number of nitrogens with zero attached hydrogens (tertiary/aromatic N) is 4. The number of aliphatic imine (C=N–C) groups is 1. The number of rotatable bonds is 2. The van der Waals surface area contributed by atoms with Crippen molar-refractivity contribution in [1.29, 1.82) is 15.8 Å². The van der Waals surface area contributed by atoms with E-state index >= 15 is 0 Å². The summed E-state index contributed by atoms with van der Waals surface area (Å²) in [7, 11) is 0. The lowest BCUT2D eigenvalue weighted by molar-refractivity contribution is 1.07. The van der Waals surface area contributed by atoms with Gasteiger partial charge in [-0.05, 0) is 6.42 Å². The number of hydrogen-bond donors (Lipinski definition) is 0. The molecule has 0 heterocycles. The Balaban J connectivity index is 4.57. The van der Waals surface area contributed by atoms with Crippen molar-refractivity contribution in [3.63, 3.8) is 0 Å². The highest BCUT2D eigenvalue weighted by molar-refractivity contribution is 5.91. The molecule has 0 aliphatic heterocycles. The molecule has 0 aromatic heterocycles. The topological polar surface area (TPSA) is 83.7 Å². The van der Waals surface area contributed by atoms with Gasteiger partial charge in [-0.15, -0.1) is 0 Å². The van der Waals surface area contributed by atoms with Crippen LogP contribution in [0, 0.1) is 40.0 Å². The minimum Gasteiger partial charge on any atom is -0.196 e. The highest BCUT2D eigenvalue weighted by atomic mass is 14.7. The lowest BCUT2D eigenvalue weighted by Crippen LogP contribution is -2.08. The van der Waals surface area contributed by atoms with E-state index in [-0.39, 0.29) is 0 Å². The highest BCUT2D eigenvalue weighted by Gasteiger charge is 2.11. The van der Waals surface area contributed by atoms with Gasteiger partial charge in [-0.1, -0.05) is 6.92 Å². The summed E-state index contributed by atoms with van der Waals surface area (Å²) in [6.45, 7) is 1.75. The third-order valence-corrected chi connectivity index (χ3v) is 1.15. The maximum Gasteiger partial charge on any atom is 0.205 e. The van der Waals surface area contributed by atoms with Gasteiger partial charge < -0.3 is 0 Å². The van der Waals surface area contributed by atoms with Gasteiger partial charge in [0.2, 0.25) is 6.19 Å². The van der Waals surface area contributed by atoms with E-state index < -0.39 is 5.92 Å². The minimum atomic E-state index is -0.875. The molecule has 0 saturated carbocycles. The van der Waals surface area contributed by atoms with Crippen molar-refractivity contribution in [2.45, 2.75) is 13.3 Å². The van der Waals surface area contributed by atoms with Crippen molar-refractivity contribution in [1.82, 2.24) is 0 Å². The molecule has 0 aromatic rings. The molecular formula is C7H6N4. The molecule has 0 aliphatic carbocycles. The molecule has 0 saturated heterocycles. The quantitative estimate of drug-likeness (QED) is 0.430. The summed E-state index contributed by atoms with van der Waals surface area (Å²) >= 11 is 0. The maximum atomic E-state index is 8.39. The fourth-order valence-electron chi connectivity index (χ4n) is 0.590. The van der Waals surface area contributed by atoms with Gasteiger partial charge in [0, 0.05) is 0 Å². The Labute approximate surface area is 65.0 Å². The molecule has 11 heavy (non-hydrogen) atoms. The third kappa shape index (κ3) is 2.47. The molecule has 0 unspecified atom stereocenters. The summed E-state index contributed by atoms with van der Waals surface area (Å²) in [5.41, 5.74) is 0.331. The SMILES string of the molecule is CCC(=NC#N)C(C#N)C#N. The van der Waals surface area contributed by atoms with Crippen LogP contribution in [0.15, 0.2) is 4.99 Å². The van der Waals surface area contributed by atoms with E-state index in [9.17, 15) is 0 Å². The van der Waals surface area contributed by atoms with Crippen molar-refractivity contribution in [3.05, 3.63) is 0 Å². The molecule has 0 atom stereocenters. The Morgan fingerprint density at radius 3 is 2.18 bits per heavy atom. The van der Waals surface area contributed by atoms with Crippen LogP contribution in [0.4, 0.5) is 0 Å². The standard InChI is InChI=1S/C7H6N4/c1-2-7(11-5-10)6(3-8)4-9/h6H,2H2,1H3. The second-order valence-corrected chi connectivity index (χ2v) is 1.75. The smallest absolute Gasteiger partial charge is 0.196 e. The Hall–Kier alpha value is -1.86. The normalized spacial score (nSPS) is 9.91. The van der Waals surface area contributed by atoms with Gasteiger partial charge in [-0.2, -0.15) is 20.8 Å². The van der Waals surface area contributed by atoms with Crippen LogP contribution in [-0.4, -0.2) is 5.71 Å². The molecule has 0 aliphatic rings. The van der Waals surface area contributed by atoms with Crippen LogP contribution in [0.3, 0.4) is 0 Å². The highest BCUT2D eigenvalue weighted by Crippen LogP contribution is 2.00. The lowest BCUT2D eigenvalue weighted by Gasteiger charge is -1.97. The van der Waals surface area contributed by atoms with Gasteiger partial charge in [0.15, 0.2) is 5.92 Å². The molecule has 0 rings (SSSR count). The molecule has 0 bridgehead atoms. The zero-order valence-corrected chi connectivity index (χ0v) is 6.07. The van der Waals surface area contributed by atoms with Gasteiger partial charge in [0.1, 0.15) is 0 Å². The Morgan fingerprint density at radius 2 is 1.91 bits per heavy atom. The van der Waals surface area contributed by atoms with E-state index in [0.717, 1.165) is 0 Å². The van der Waals surface area contributed by atoms with Crippen molar-refractivity contribution < 1.29 is 0 Å². The number of nitriles is 3. The van der Waals surface area contributed by atoms with E-state index in [1.807, 2.05) is 0 Å². The molecule has 0 aromatic carbocycles. The van der Waals surface area contributed by atoms with E-state index in [0.29, 0.717) is 12.1 Å². The van der Waals surface area contributed by atoms with Gasteiger partial charge in [-0.25, -0.2) is 0 Å². The van der Waals surface area contributed by atoms with Crippen LogP contribution in [0.5, 0.6) is 0 Å². The van der Waals surface area contributed by atoms with Gasteiger partial charge in [0.05, 0.1) is 17.9 Å². The van der Waals surface area contributed by atoms with Gasteiger partial charge >= 0.3 is 0 Å². The minimum absolute atomic E-state index is 0.331. The summed E-state index contributed by atoms with van der Waals surface area (Å²) in [5.74, 6) is -0.875. The van der Waals surface area contributed by atoms with Crippen molar-refractivity contribution >= 4 is 5.71 Å². The summed E-state index contributed by atoms with van der Waals surface area (Å²) in [5, 5.41) is 24.9. The van der Waals surface area contributed by atoms with Crippen LogP contribution in [0.2, 0.25) is 0 Å². The predicted octanol–water partition coefficient (Wildman–Crippen LogP) is 0.982. The van der Waals surface area contributed by atoms with Gasteiger partial charge in [0.25, 0.3) is 0 Å². The van der Waals surface area contributed by atoms with Crippen molar-refractivity contribution in [2.75, 3.05) is 0 Å². The fourth-order valence-corrected chi connectivity index (χ4v) is 0.590. The van der Waals surface area contributed by atoms with E-state index in [2.05, 4.69) is 4.99 Å². The summed E-state index contributed by atoms with van der Waals surface area (Å²) < 4.78 is 0. The third-order valence-electron chi connectivity index (χ3n) is 1.15. The summed E-state index contributed by atoms with van der Waals surface area (Å²) in [6.07, 6.45) is 2.01. The largest absolute Gasteiger partial charge is 0.205 e. The van der Waals surface area contributed by atoms with E-state index in [1.165, 1.54) is 0 Å². The predicted molar refractivity (Wildman–Crippen MR) is 38.1 cm³/mol. The Morgan fingerprint density at radius 1 is 1.36 bits per heavy atom. The van der Waals surface area contributed by atoms with Crippen molar-refractivity contribution in [2.24, 2.45) is 10.9 Å². The molecule has 54 valence electrons. The van der Waals surface area contributed by atoms with Crippen LogP contribution >= 0.6 is 0 Å².